The van der Waals surface area contributed by atoms with E-state index in [1.807, 2.05) is 14.1 Å². The van der Waals surface area contributed by atoms with E-state index in [-0.39, 0.29) is 17.5 Å². The first-order valence-electron chi connectivity index (χ1n) is 8.77. The van der Waals surface area contributed by atoms with Crippen molar-refractivity contribution in [1.82, 2.24) is 29.7 Å². The molecule has 2 heterocycles. The molecule has 2 rings (SSSR count). The summed E-state index contributed by atoms with van der Waals surface area (Å²) in [6.45, 7) is 5.89. The lowest BCUT2D eigenvalue weighted by Crippen LogP contribution is -2.28. The summed E-state index contributed by atoms with van der Waals surface area (Å²) in [5, 5.41) is 3.35. The van der Waals surface area contributed by atoms with Gasteiger partial charge in [-0.25, -0.2) is 4.79 Å². The molecule has 0 aliphatic rings. The first-order chi connectivity index (χ1) is 12.0. The van der Waals surface area contributed by atoms with Crippen molar-refractivity contribution in [2.75, 3.05) is 46.1 Å². The van der Waals surface area contributed by atoms with Gasteiger partial charge >= 0.3 is 11.7 Å². The van der Waals surface area contributed by atoms with Gasteiger partial charge in [0, 0.05) is 19.6 Å². The van der Waals surface area contributed by atoms with E-state index >= 15 is 0 Å². The molecule has 140 valence electrons. The Balaban J connectivity index is 2.03. The number of fused-ring (bicyclic) bond motifs is 1. The third-order valence-electron chi connectivity index (χ3n) is 3.83. The van der Waals surface area contributed by atoms with E-state index in [0.29, 0.717) is 24.3 Å². The van der Waals surface area contributed by atoms with Crippen molar-refractivity contribution >= 4 is 17.0 Å². The third-order valence-corrected chi connectivity index (χ3v) is 3.83. The molecule has 0 radical (unpaired) electrons. The number of aryl methyl sites for hydroxylation is 1. The fourth-order valence-electron chi connectivity index (χ4n) is 2.40. The predicted octanol–water partition coefficient (Wildman–Crippen LogP) is 0.422. The van der Waals surface area contributed by atoms with Gasteiger partial charge in [0.2, 0.25) is 0 Å². The van der Waals surface area contributed by atoms with E-state index < -0.39 is 0 Å². The molecule has 0 amide bonds. The molecule has 0 atom stereocenters. The molecule has 2 aromatic heterocycles. The highest BCUT2D eigenvalue weighted by molar-refractivity contribution is 5.81. The molecule has 0 saturated heterocycles. The lowest BCUT2D eigenvalue weighted by Gasteiger charge is -2.10. The number of unbranched alkanes of at least 4 members (excludes halogenated alkanes) is 1. The molecule has 0 aromatic carbocycles. The summed E-state index contributed by atoms with van der Waals surface area (Å²) in [4.78, 5) is 25.5. The average molecular weight is 351 g/mol. The van der Waals surface area contributed by atoms with Gasteiger partial charge in [-0.2, -0.15) is 9.97 Å². The fraction of sp³-hybridized carbons (Fsp3) is 0.688. The summed E-state index contributed by atoms with van der Waals surface area (Å²) in [5.74, 6) is 0.233. The number of aromatic nitrogens is 4. The summed E-state index contributed by atoms with van der Waals surface area (Å²) in [7, 11) is 4.08. The van der Waals surface area contributed by atoms with Crippen LogP contribution in [0.5, 0.6) is 6.01 Å². The van der Waals surface area contributed by atoms with Crippen LogP contribution in [0.4, 0.5) is 5.82 Å². The number of hydrogen-bond acceptors (Lipinski definition) is 7. The molecule has 4 N–H and O–H groups in total. The van der Waals surface area contributed by atoms with Gasteiger partial charge in [-0.05, 0) is 33.5 Å². The zero-order valence-corrected chi connectivity index (χ0v) is 15.3. The van der Waals surface area contributed by atoms with E-state index in [1.54, 1.807) is 4.57 Å². The maximum absolute atomic E-state index is 12.2. The lowest BCUT2D eigenvalue weighted by molar-refractivity contribution is 0.286. The van der Waals surface area contributed by atoms with E-state index in [0.717, 1.165) is 38.9 Å². The van der Waals surface area contributed by atoms with Crippen molar-refractivity contribution < 1.29 is 4.74 Å². The van der Waals surface area contributed by atoms with Crippen LogP contribution in [0.25, 0.3) is 11.2 Å². The maximum Gasteiger partial charge on any atom is 0.327 e. The van der Waals surface area contributed by atoms with E-state index in [1.165, 1.54) is 0 Å². The number of H-pyrrole nitrogens is 1. The van der Waals surface area contributed by atoms with Crippen molar-refractivity contribution in [3.8, 4) is 6.01 Å². The number of nitrogen functional groups attached to an aromatic ring is 1. The van der Waals surface area contributed by atoms with Crippen molar-refractivity contribution in [3.63, 3.8) is 0 Å². The van der Waals surface area contributed by atoms with Crippen molar-refractivity contribution in [1.29, 1.82) is 0 Å². The van der Waals surface area contributed by atoms with Crippen molar-refractivity contribution in [2.45, 2.75) is 32.7 Å². The standard InChI is InChI=1S/C16H29N7O2/c1-4-5-11-25-15-20-13(17)12-14(21-15)23(16(24)19-12)9-6-7-18-8-10-22(2)3/h18H,4-11H2,1-3H3,(H,19,24)(H2,17,20,21). The zero-order valence-electron chi connectivity index (χ0n) is 15.3. The largest absolute Gasteiger partial charge is 0.463 e. The van der Waals surface area contributed by atoms with Crippen molar-refractivity contribution in [3.05, 3.63) is 10.5 Å². The Morgan fingerprint density at radius 2 is 2.08 bits per heavy atom. The number of rotatable bonds is 11. The summed E-state index contributed by atoms with van der Waals surface area (Å²) in [5.41, 5.74) is 6.67. The molecule has 9 nitrogen and oxygen atoms in total. The first-order valence-corrected chi connectivity index (χ1v) is 8.77. The molecule has 0 saturated carbocycles. The Kier molecular flexibility index (Phi) is 7.20. The highest BCUT2D eigenvalue weighted by Gasteiger charge is 2.14. The minimum Gasteiger partial charge on any atom is -0.463 e. The van der Waals surface area contributed by atoms with Crippen LogP contribution in [0.1, 0.15) is 26.2 Å². The van der Waals surface area contributed by atoms with E-state index in [4.69, 9.17) is 10.5 Å². The number of anilines is 1. The Morgan fingerprint density at radius 3 is 2.80 bits per heavy atom. The number of ether oxygens (including phenoxy) is 1. The van der Waals surface area contributed by atoms with Crippen LogP contribution in [-0.2, 0) is 6.54 Å². The van der Waals surface area contributed by atoms with Crippen molar-refractivity contribution in [2.24, 2.45) is 0 Å². The summed E-state index contributed by atoms with van der Waals surface area (Å²) >= 11 is 0. The van der Waals surface area contributed by atoms with E-state index in [2.05, 4.69) is 32.1 Å². The minimum absolute atomic E-state index is 0.218. The predicted molar refractivity (Wildman–Crippen MR) is 99.0 cm³/mol. The molecule has 0 bridgehead atoms. The molecule has 0 aliphatic carbocycles. The molecular formula is C16H29N7O2. The van der Waals surface area contributed by atoms with Crippen LogP contribution < -0.4 is 21.5 Å². The SMILES string of the molecule is CCCCOc1nc(N)c2[nH]c(=O)n(CCCNCCN(C)C)c2n1. The van der Waals surface area contributed by atoms with Gasteiger partial charge in [-0.15, -0.1) is 0 Å². The number of hydrogen-bond donors (Lipinski definition) is 3. The zero-order chi connectivity index (χ0) is 18.2. The molecule has 25 heavy (non-hydrogen) atoms. The number of nitrogens with one attached hydrogen (secondary N) is 2. The first kappa shape index (κ1) is 19.2. The Bertz CT molecular complexity index is 723. The van der Waals surface area contributed by atoms with Gasteiger partial charge in [0.15, 0.2) is 11.5 Å². The van der Waals surface area contributed by atoms with Crippen LogP contribution in [0, 0.1) is 0 Å². The van der Waals surface area contributed by atoms with Gasteiger partial charge in [0.1, 0.15) is 5.52 Å². The summed E-state index contributed by atoms with van der Waals surface area (Å²) < 4.78 is 7.12. The molecular weight excluding hydrogens is 322 g/mol. The summed E-state index contributed by atoms with van der Waals surface area (Å²) in [6.07, 6.45) is 2.75. The smallest absolute Gasteiger partial charge is 0.327 e. The van der Waals surface area contributed by atoms with Gasteiger partial charge < -0.3 is 25.7 Å². The number of nitrogens with zero attached hydrogens (tertiary/aromatic N) is 4. The second-order valence-corrected chi connectivity index (χ2v) is 6.28. The minimum atomic E-state index is -0.227. The fourth-order valence-corrected chi connectivity index (χ4v) is 2.40. The maximum atomic E-state index is 12.2. The molecule has 0 aliphatic heterocycles. The van der Waals surface area contributed by atoms with Crippen LogP contribution in [-0.4, -0.2) is 64.8 Å². The number of imidazole rings is 1. The highest BCUT2D eigenvalue weighted by Crippen LogP contribution is 2.17. The van der Waals surface area contributed by atoms with Crippen LogP contribution in [0.3, 0.4) is 0 Å². The molecule has 0 fully saturated rings. The molecule has 0 unspecified atom stereocenters. The Labute approximate surface area is 147 Å². The molecule has 0 spiro atoms. The third kappa shape index (κ3) is 5.43. The Hall–Kier alpha value is -2.13. The second kappa shape index (κ2) is 9.38. The monoisotopic (exact) mass is 351 g/mol. The molecule has 2 aromatic rings. The normalized spacial score (nSPS) is 11.5. The van der Waals surface area contributed by atoms with Crippen LogP contribution >= 0.6 is 0 Å². The Morgan fingerprint density at radius 1 is 1.28 bits per heavy atom. The average Bonchev–Trinajstić information content (AvgIpc) is 2.87. The number of likely N-dealkylation sites (N-methyl/N-ethyl adjacent to an activating group) is 1. The molecule has 9 heteroatoms. The number of aromatic amines is 1. The van der Waals surface area contributed by atoms with Crippen LogP contribution in [0.2, 0.25) is 0 Å². The van der Waals surface area contributed by atoms with Gasteiger partial charge in [-0.3, -0.25) is 4.57 Å². The van der Waals surface area contributed by atoms with Gasteiger partial charge in [0.25, 0.3) is 0 Å². The van der Waals surface area contributed by atoms with Gasteiger partial charge in [-0.1, -0.05) is 13.3 Å². The highest BCUT2D eigenvalue weighted by atomic mass is 16.5. The second-order valence-electron chi connectivity index (χ2n) is 6.28. The number of nitrogens with two attached hydrogens (primary N) is 1. The quantitative estimate of drug-likeness (QED) is 0.503. The topological polar surface area (TPSA) is 114 Å². The summed E-state index contributed by atoms with van der Waals surface area (Å²) in [6, 6.07) is 0.218. The van der Waals surface area contributed by atoms with Crippen LogP contribution in [0.15, 0.2) is 4.79 Å². The van der Waals surface area contributed by atoms with Gasteiger partial charge in [0.05, 0.1) is 6.61 Å². The van der Waals surface area contributed by atoms with E-state index in [9.17, 15) is 4.79 Å². The lowest BCUT2D eigenvalue weighted by atomic mass is 10.4.